The van der Waals surface area contributed by atoms with Crippen LogP contribution in [0.1, 0.15) is 19.4 Å². The number of benzene rings is 1. The fourth-order valence-electron chi connectivity index (χ4n) is 2.40. The summed E-state index contributed by atoms with van der Waals surface area (Å²) in [7, 11) is 0. The zero-order valence-corrected chi connectivity index (χ0v) is 11.9. The molecule has 0 aliphatic heterocycles. The van der Waals surface area contributed by atoms with Crippen molar-refractivity contribution in [2.24, 2.45) is 0 Å². The van der Waals surface area contributed by atoms with Gasteiger partial charge >= 0.3 is 0 Å². The van der Waals surface area contributed by atoms with E-state index in [4.69, 9.17) is 11.2 Å². The van der Waals surface area contributed by atoms with Crippen LogP contribution in [0.4, 0.5) is 0 Å². The van der Waals surface area contributed by atoms with Gasteiger partial charge < -0.3 is 4.74 Å². The Balaban J connectivity index is 2.25. The second-order valence-electron chi connectivity index (χ2n) is 4.54. The highest BCUT2D eigenvalue weighted by Crippen LogP contribution is 2.26. The van der Waals surface area contributed by atoms with Crippen LogP contribution in [0, 0.1) is 19.3 Å². The van der Waals surface area contributed by atoms with E-state index in [1.54, 1.807) is 0 Å². The minimum Gasteiger partial charge on any atom is -0.481 e. The molecule has 0 unspecified atom stereocenters. The summed E-state index contributed by atoms with van der Waals surface area (Å²) in [6.45, 7) is 8.99. The number of hydrogen-bond acceptors (Lipinski definition) is 1. The van der Waals surface area contributed by atoms with Gasteiger partial charge in [0.15, 0.2) is 0 Å². The molecule has 0 heterocycles. The largest absolute Gasteiger partial charge is 0.481 e. The Bertz CT molecular complexity index is 613. The minimum atomic E-state index is 0.317. The van der Waals surface area contributed by atoms with Gasteiger partial charge in [-0.3, -0.25) is 0 Å². The molecule has 19 heavy (non-hydrogen) atoms. The summed E-state index contributed by atoms with van der Waals surface area (Å²) in [6, 6.07) is 8.15. The maximum atomic E-state index is 5.38. The lowest BCUT2D eigenvalue weighted by molar-refractivity contribution is 0.370. The van der Waals surface area contributed by atoms with Crippen molar-refractivity contribution in [3.05, 3.63) is 35.2 Å². The maximum Gasteiger partial charge on any atom is 0.212 e. The minimum absolute atomic E-state index is 0.317. The first-order chi connectivity index (χ1) is 9.22. The molecule has 0 aliphatic rings. The van der Waals surface area contributed by atoms with Crippen LogP contribution in [-0.4, -0.2) is 19.7 Å². The van der Waals surface area contributed by atoms with Gasteiger partial charge in [-0.1, -0.05) is 18.1 Å². The van der Waals surface area contributed by atoms with Crippen LogP contribution >= 0.6 is 0 Å². The Kier molecular flexibility index (Phi) is 4.06. The molecule has 0 saturated carbocycles. The van der Waals surface area contributed by atoms with Crippen molar-refractivity contribution in [2.45, 2.75) is 20.8 Å². The van der Waals surface area contributed by atoms with Gasteiger partial charge in [0.2, 0.25) is 5.36 Å². The van der Waals surface area contributed by atoms with E-state index >= 15 is 0 Å². The summed E-state index contributed by atoms with van der Waals surface area (Å²) in [5, 5.41) is 1.40. The van der Waals surface area contributed by atoms with Crippen molar-refractivity contribution in [1.29, 1.82) is 0 Å². The lowest BCUT2D eigenvalue weighted by atomic mass is 10.1. The predicted octanol–water partition coefficient (Wildman–Crippen LogP) is 2.36. The van der Waals surface area contributed by atoms with Crippen molar-refractivity contribution in [3.63, 3.8) is 0 Å². The standard InChI is InChI=1S/C17H20NO/c1-5-12-19-15-10-8-14(9-11-15)16-13(4)17(16)18(6-2)7-3/h1,8-11H,6-7,12H2,2-4H3/q+1. The van der Waals surface area contributed by atoms with E-state index in [9.17, 15) is 0 Å². The van der Waals surface area contributed by atoms with E-state index in [2.05, 4.69) is 43.4 Å². The summed E-state index contributed by atoms with van der Waals surface area (Å²) < 4.78 is 7.78. The molecule has 2 aromatic rings. The van der Waals surface area contributed by atoms with Crippen molar-refractivity contribution >= 4 is 0 Å². The third-order valence-electron chi connectivity index (χ3n) is 3.45. The molecule has 0 aliphatic carbocycles. The lowest BCUT2D eigenvalue weighted by Gasteiger charge is -2.01. The lowest BCUT2D eigenvalue weighted by Crippen LogP contribution is -2.24. The Morgan fingerprint density at radius 2 is 1.79 bits per heavy atom. The molecule has 2 aromatic carbocycles. The van der Waals surface area contributed by atoms with Crippen LogP contribution in [-0.2, 0) is 0 Å². The van der Waals surface area contributed by atoms with E-state index in [1.807, 2.05) is 12.1 Å². The van der Waals surface area contributed by atoms with Gasteiger partial charge in [0.05, 0.1) is 5.56 Å². The molecule has 2 nitrogen and oxygen atoms in total. The van der Waals surface area contributed by atoms with Crippen LogP contribution in [0.15, 0.2) is 24.3 Å². The van der Waals surface area contributed by atoms with Gasteiger partial charge in [-0.15, -0.1) is 6.42 Å². The van der Waals surface area contributed by atoms with Gasteiger partial charge in [0.1, 0.15) is 25.4 Å². The molecule has 98 valence electrons. The number of ether oxygens (including phenoxy) is 1. The SMILES string of the molecule is C#CCOc1ccc(-c2c(C)c2=[N+](CC)CC)cc1. The van der Waals surface area contributed by atoms with Crippen LogP contribution in [0.3, 0.4) is 0 Å². The monoisotopic (exact) mass is 254 g/mol. The summed E-state index contributed by atoms with van der Waals surface area (Å²) >= 11 is 0. The molecule has 0 spiro atoms. The molecule has 0 radical (unpaired) electrons. The highest BCUT2D eigenvalue weighted by Gasteiger charge is 2.25. The fourth-order valence-corrected chi connectivity index (χ4v) is 2.40. The molecule has 0 N–H and O–H groups in total. The number of rotatable bonds is 5. The predicted molar refractivity (Wildman–Crippen MR) is 79.7 cm³/mol. The molecule has 0 fully saturated rings. The topological polar surface area (TPSA) is 12.2 Å². The molecule has 0 saturated heterocycles. The van der Waals surface area contributed by atoms with E-state index < -0.39 is 0 Å². The quantitative estimate of drug-likeness (QED) is 0.589. The normalized spacial score (nSPS) is 10.4. The number of nitrogens with zero attached hydrogens (tertiary/aromatic N) is 1. The summed E-state index contributed by atoms with van der Waals surface area (Å²) in [6.07, 6.45) is 5.17. The maximum absolute atomic E-state index is 5.38. The highest BCUT2D eigenvalue weighted by molar-refractivity contribution is 5.75. The molecule has 0 amide bonds. The second kappa shape index (κ2) is 5.75. The summed E-state index contributed by atoms with van der Waals surface area (Å²) in [4.78, 5) is 0. The van der Waals surface area contributed by atoms with Gasteiger partial charge in [0, 0.05) is 5.56 Å². The Labute approximate surface area is 115 Å². The van der Waals surface area contributed by atoms with Gasteiger partial charge in [0.25, 0.3) is 0 Å². The van der Waals surface area contributed by atoms with Crippen LogP contribution in [0.25, 0.3) is 11.1 Å². The Hall–Kier alpha value is -2.01. The average molecular weight is 254 g/mol. The van der Waals surface area contributed by atoms with Crippen molar-refractivity contribution in [1.82, 2.24) is 4.58 Å². The third kappa shape index (κ3) is 2.71. The first-order valence-electron chi connectivity index (χ1n) is 6.73. The van der Waals surface area contributed by atoms with E-state index in [-0.39, 0.29) is 0 Å². The average Bonchev–Trinajstić information content (AvgIpc) is 3.10. The Morgan fingerprint density at radius 3 is 2.32 bits per heavy atom. The van der Waals surface area contributed by atoms with Gasteiger partial charge in [-0.2, -0.15) is 0 Å². The smallest absolute Gasteiger partial charge is 0.212 e. The third-order valence-corrected chi connectivity index (χ3v) is 3.45. The highest BCUT2D eigenvalue weighted by atomic mass is 16.5. The van der Waals surface area contributed by atoms with E-state index in [0.717, 1.165) is 18.8 Å². The van der Waals surface area contributed by atoms with Crippen molar-refractivity contribution in [3.8, 4) is 29.2 Å². The molecular formula is C17H20NO+. The first kappa shape index (κ1) is 13.4. The van der Waals surface area contributed by atoms with Crippen LogP contribution in [0.2, 0.25) is 0 Å². The fraction of sp³-hybridized carbons (Fsp3) is 0.353. The number of hydrogen-bond donors (Lipinski definition) is 0. The number of terminal acetylenes is 1. The zero-order valence-electron chi connectivity index (χ0n) is 11.9. The Morgan fingerprint density at radius 1 is 1.16 bits per heavy atom. The molecular weight excluding hydrogens is 234 g/mol. The zero-order chi connectivity index (χ0) is 13.8. The molecule has 2 heteroatoms. The van der Waals surface area contributed by atoms with E-state index in [1.165, 1.54) is 22.0 Å². The van der Waals surface area contributed by atoms with Gasteiger partial charge in [-0.05, 0) is 38.5 Å². The summed E-state index contributed by atoms with van der Waals surface area (Å²) in [5.41, 5.74) is 4.04. The summed E-state index contributed by atoms with van der Waals surface area (Å²) in [5.74, 6) is 3.29. The molecule has 2 rings (SSSR count). The molecule has 0 aromatic heterocycles. The molecule has 0 atom stereocenters. The van der Waals surface area contributed by atoms with Crippen molar-refractivity contribution in [2.75, 3.05) is 19.7 Å². The van der Waals surface area contributed by atoms with Crippen LogP contribution in [0.5, 0.6) is 5.75 Å². The van der Waals surface area contributed by atoms with Crippen molar-refractivity contribution < 1.29 is 4.74 Å². The van der Waals surface area contributed by atoms with Gasteiger partial charge in [-0.25, -0.2) is 4.58 Å². The van der Waals surface area contributed by atoms with Crippen LogP contribution < -0.4 is 14.7 Å². The van der Waals surface area contributed by atoms with E-state index in [0.29, 0.717) is 6.61 Å². The molecule has 0 bridgehead atoms. The second-order valence-corrected chi connectivity index (χ2v) is 4.54. The first-order valence-corrected chi connectivity index (χ1v) is 6.73.